The van der Waals surface area contributed by atoms with E-state index in [2.05, 4.69) is 52.3 Å². The standard InChI is InChI=1S/C17H16N6S/c1-10-5-4-6-11(2)13(10)14-15(16-18-9-19-22-16)24-17(21-14)12-7-8-20-23(12)3/h4-9H,1-3H3,(H,18,19,22). The van der Waals surface area contributed by atoms with Crippen LogP contribution in [-0.2, 0) is 7.05 Å². The van der Waals surface area contributed by atoms with Crippen molar-refractivity contribution >= 4 is 11.3 Å². The Hall–Kier alpha value is -2.80. The minimum atomic E-state index is 0.735. The molecule has 0 aliphatic heterocycles. The predicted molar refractivity (Wildman–Crippen MR) is 94.6 cm³/mol. The van der Waals surface area contributed by atoms with E-state index in [1.54, 1.807) is 17.5 Å². The average molecular weight is 336 g/mol. The van der Waals surface area contributed by atoms with Gasteiger partial charge in [-0.05, 0) is 31.0 Å². The number of rotatable bonds is 3. The van der Waals surface area contributed by atoms with Crippen LogP contribution in [0.5, 0.6) is 0 Å². The first-order chi connectivity index (χ1) is 11.6. The SMILES string of the molecule is Cc1cccc(C)c1-c1nc(-c2ccnn2C)sc1-c1ncn[nH]1. The zero-order valence-corrected chi connectivity index (χ0v) is 14.4. The van der Waals surface area contributed by atoms with Gasteiger partial charge in [-0.15, -0.1) is 11.3 Å². The minimum Gasteiger partial charge on any atom is -0.266 e. The molecular weight excluding hydrogens is 320 g/mol. The van der Waals surface area contributed by atoms with Gasteiger partial charge in [0.1, 0.15) is 11.3 Å². The van der Waals surface area contributed by atoms with Gasteiger partial charge in [0.15, 0.2) is 5.82 Å². The zero-order valence-electron chi connectivity index (χ0n) is 13.6. The van der Waals surface area contributed by atoms with E-state index in [9.17, 15) is 0 Å². The lowest BCUT2D eigenvalue weighted by molar-refractivity contribution is 0.775. The van der Waals surface area contributed by atoms with E-state index in [-0.39, 0.29) is 0 Å². The molecule has 0 spiro atoms. The number of hydrogen-bond acceptors (Lipinski definition) is 5. The molecule has 1 N–H and O–H groups in total. The van der Waals surface area contributed by atoms with Crippen molar-refractivity contribution in [3.05, 3.63) is 47.9 Å². The minimum absolute atomic E-state index is 0.735. The maximum atomic E-state index is 4.93. The van der Waals surface area contributed by atoms with Gasteiger partial charge in [0.25, 0.3) is 0 Å². The fourth-order valence-corrected chi connectivity index (χ4v) is 3.92. The van der Waals surface area contributed by atoms with Crippen LogP contribution in [-0.4, -0.2) is 29.9 Å². The van der Waals surface area contributed by atoms with E-state index in [1.165, 1.54) is 17.5 Å². The monoisotopic (exact) mass is 336 g/mol. The topological polar surface area (TPSA) is 72.3 Å². The van der Waals surface area contributed by atoms with Gasteiger partial charge in [0.2, 0.25) is 0 Å². The highest BCUT2D eigenvalue weighted by Gasteiger charge is 2.21. The Labute approximate surface area is 143 Å². The first-order valence-electron chi connectivity index (χ1n) is 7.56. The third-order valence-corrected chi connectivity index (χ3v) is 5.10. The number of aromatic nitrogens is 6. The molecule has 0 aliphatic rings. The van der Waals surface area contributed by atoms with Gasteiger partial charge in [-0.1, -0.05) is 18.2 Å². The quantitative estimate of drug-likeness (QED) is 0.620. The van der Waals surface area contributed by atoms with Crippen LogP contribution < -0.4 is 0 Å². The lowest BCUT2D eigenvalue weighted by Crippen LogP contribution is -1.93. The number of nitrogens with zero attached hydrogens (tertiary/aromatic N) is 5. The van der Waals surface area contributed by atoms with Gasteiger partial charge in [-0.3, -0.25) is 9.78 Å². The average Bonchev–Trinajstić information content (AvgIpc) is 3.26. The van der Waals surface area contributed by atoms with Crippen molar-refractivity contribution in [1.82, 2.24) is 29.9 Å². The fourth-order valence-electron chi connectivity index (χ4n) is 2.85. The van der Waals surface area contributed by atoms with Crippen molar-refractivity contribution in [3.8, 4) is 32.7 Å². The van der Waals surface area contributed by atoms with Crippen LogP contribution in [0.4, 0.5) is 0 Å². The zero-order chi connectivity index (χ0) is 16.7. The van der Waals surface area contributed by atoms with E-state index >= 15 is 0 Å². The van der Waals surface area contributed by atoms with E-state index in [0.29, 0.717) is 0 Å². The maximum Gasteiger partial charge on any atom is 0.167 e. The van der Waals surface area contributed by atoms with Crippen molar-refractivity contribution in [2.24, 2.45) is 7.05 Å². The van der Waals surface area contributed by atoms with Gasteiger partial charge in [0, 0.05) is 18.8 Å². The molecule has 4 rings (SSSR count). The summed E-state index contributed by atoms with van der Waals surface area (Å²) in [7, 11) is 1.92. The number of H-pyrrole nitrogens is 1. The van der Waals surface area contributed by atoms with Crippen molar-refractivity contribution < 1.29 is 0 Å². The molecule has 7 heteroatoms. The van der Waals surface area contributed by atoms with E-state index in [0.717, 1.165) is 32.7 Å². The third kappa shape index (κ3) is 2.33. The van der Waals surface area contributed by atoms with Crippen LogP contribution in [0.25, 0.3) is 32.7 Å². The van der Waals surface area contributed by atoms with Crippen LogP contribution in [0, 0.1) is 13.8 Å². The van der Waals surface area contributed by atoms with Gasteiger partial charge < -0.3 is 0 Å². The number of thiazole rings is 1. The summed E-state index contributed by atoms with van der Waals surface area (Å²) in [4.78, 5) is 10.2. The summed E-state index contributed by atoms with van der Waals surface area (Å²) in [5.74, 6) is 0.735. The van der Waals surface area contributed by atoms with Crippen molar-refractivity contribution in [1.29, 1.82) is 0 Å². The largest absolute Gasteiger partial charge is 0.266 e. The van der Waals surface area contributed by atoms with Crippen LogP contribution in [0.15, 0.2) is 36.8 Å². The van der Waals surface area contributed by atoms with Crippen LogP contribution in [0.2, 0.25) is 0 Å². The molecule has 0 bridgehead atoms. The molecule has 6 nitrogen and oxygen atoms in total. The fraction of sp³-hybridized carbons (Fsp3) is 0.176. The Balaban J connectivity index is 1.99. The summed E-state index contributed by atoms with van der Waals surface area (Å²) < 4.78 is 1.83. The van der Waals surface area contributed by atoms with Crippen LogP contribution >= 0.6 is 11.3 Å². The molecule has 0 unspecified atom stereocenters. The molecule has 4 aromatic rings. The number of benzene rings is 1. The maximum absolute atomic E-state index is 4.93. The van der Waals surface area contributed by atoms with E-state index < -0.39 is 0 Å². The second kappa shape index (κ2) is 5.68. The van der Waals surface area contributed by atoms with Gasteiger partial charge in [0.05, 0.1) is 16.3 Å². The molecule has 0 saturated heterocycles. The third-order valence-electron chi connectivity index (χ3n) is 4.02. The Morgan fingerprint density at radius 2 is 1.92 bits per heavy atom. The summed E-state index contributed by atoms with van der Waals surface area (Å²) in [5.41, 5.74) is 5.45. The number of nitrogens with one attached hydrogen (secondary N) is 1. The van der Waals surface area contributed by atoms with Gasteiger partial charge >= 0.3 is 0 Å². The molecule has 0 saturated carbocycles. The smallest absolute Gasteiger partial charge is 0.167 e. The molecule has 0 fully saturated rings. The molecule has 1 aromatic carbocycles. The Bertz CT molecular complexity index is 976. The second-order valence-corrected chi connectivity index (χ2v) is 6.64. The van der Waals surface area contributed by atoms with Gasteiger partial charge in [-0.25, -0.2) is 9.97 Å². The lowest BCUT2D eigenvalue weighted by atomic mass is 9.99. The molecule has 3 aromatic heterocycles. The summed E-state index contributed by atoms with van der Waals surface area (Å²) in [5, 5.41) is 12.1. The Kier molecular flexibility index (Phi) is 3.50. The van der Waals surface area contributed by atoms with E-state index in [1.807, 2.05) is 17.8 Å². The molecule has 0 atom stereocenters. The molecule has 0 radical (unpaired) electrons. The summed E-state index contributed by atoms with van der Waals surface area (Å²) >= 11 is 1.60. The highest BCUT2D eigenvalue weighted by molar-refractivity contribution is 7.18. The molecule has 0 amide bonds. The van der Waals surface area contributed by atoms with E-state index in [4.69, 9.17) is 4.98 Å². The Morgan fingerprint density at radius 3 is 2.54 bits per heavy atom. The first-order valence-corrected chi connectivity index (χ1v) is 8.38. The molecule has 3 heterocycles. The van der Waals surface area contributed by atoms with Crippen LogP contribution in [0.1, 0.15) is 11.1 Å². The normalized spacial score (nSPS) is 11.1. The molecule has 120 valence electrons. The summed E-state index contributed by atoms with van der Waals surface area (Å²) in [6.07, 6.45) is 3.30. The highest BCUT2D eigenvalue weighted by atomic mass is 32.1. The first kappa shape index (κ1) is 14.8. The predicted octanol–water partition coefficient (Wildman–Crippen LogP) is 3.61. The van der Waals surface area contributed by atoms with Crippen molar-refractivity contribution in [2.75, 3.05) is 0 Å². The van der Waals surface area contributed by atoms with Crippen molar-refractivity contribution in [2.45, 2.75) is 13.8 Å². The van der Waals surface area contributed by atoms with Gasteiger partial charge in [-0.2, -0.15) is 10.2 Å². The molecule has 0 aliphatic carbocycles. The summed E-state index contributed by atoms with van der Waals surface area (Å²) in [6, 6.07) is 8.25. The molecule has 24 heavy (non-hydrogen) atoms. The number of aryl methyl sites for hydroxylation is 3. The second-order valence-electron chi connectivity index (χ2n) is 5.64. The molecular formula is C17H16N6S. The number of aromatic amines is 1. The Morgan fingerprint density at radius 1 is 1.12 bits per heavy atom. The summed E-state index contributed by atoms with van der Waals surface area (Å²) in [6.45, 7) is 4.21. The number of hydrogen-bond donors (Lipinski definition) is 1. The lowest BCUT2D eigenvalue weighted by Gasteiger charge is -2.08. The highest BCUT2D eigenvalue weighted by Crippen LogP contribution is 2.40. The van der Waals surface area contributed by atoms with Crippen molar-refractivity contribution in [3.63, 3.8) is 0 Å². The van der Waals surface area contributed by atoms with Crippen LogP contribution in [0.3, 0.4) is 0 Å².